The number of nitrogens with zero attached hydrogens (tertiary/aromatic N) is 4. The van der Waals surface area contributed by atoms with E-state index in [0.717, 1.165) is 44.3 Å². The van der Waals surface area contributed by atoms with Gasteiger partial charge in [0, 0.05) is 39.3 Å². The number of rotatable bonds is 5. The normalized spacial score (nSPS) is 13.9. The van der Waals surface area contributed by atoms with E-state index >= 15 is 0 Å². The number of benzene rings is 8. The molecule has 4 nitrogen and oxygen atoms in total. The lowest BCUT2D eigenvalue weighted by Gasteiger charge is -2.46. The number of fused-ring (bicyclic) bond motifs is 10. The van der Waals surface area contributed by atoms with Gasteiger partial charge in [-0.3, -0.25) is 4.98 Å². The van der Waals surface area contributed by atoms with E-state index in [0.29, 0.717) is 17.5 Å². The third kappa shape index (κ3) is 5.33. The summed E-state index contributed by atoms with van der Waals surface area (Å²) in [5.74, 6) is 1.89. The summed E-state index contributed by atoms with van der Waals surface area (Å²) < 4.78 is 0. The molecule has 0 atom stereocenters. The minimum atomic E-state index is -0.441. The zero-order valence-electron chi connectivity index (χ0n) is 34.4. The molecule has 0 unspecified atom stereocenters. The van der Waals surface area contributed by atoms with Crippen molar-refractivity contribution >= 4 is 10.9 Å². The van der Waals surface area contributed by atoms with E-state index in [9.17, 15) is 0 Å². The predicted molar refractivity (Wildman–Crippen MR) is 252 cm³/mol. The fourth-order valence-corrected chi connectivity index (χ4v) is 10.4. The first kappa shape index (κ1) is 36.1. The van der Waals surface area contributed by atoms with E-state index in [-0.39, 0.29) is 5.41 Å². The quantitative estimate of drug-likeness (QED) is 0.174. The molecule has 62 heavy (non-hydrogen) atoms. The average Bonchev–Trinajstić information content (AvgIpc) is 3.64. The lowest BCUT2D eigenvalue weighted by atomic mass is 9.55. The maximum absolute atomic E-state index is 5.12. The van der Waals surface area contributed by atoms with Crippen LogP contribution >= 0.6 is 0 Å². The summed E-state index contributed by atoms with van der Waals surface area (Å²) in [4.78, 5) is 19.9. The van der Waals surface area contributed by atoms with Crippen molar-refractivity contribution < 1.29 is 0 Å². The molecular weight excluding hydrogens is 753 g/mol. The highest BCUT2D eigenvalue weighted by Crippen LogP contribution is 2.63. The first-order valence-electron chi connectivity index (χ1n) is 21.3. The lowest BCUT2D eigenvalue weighted by molar-refractivity contribution is 0.563. The average molecular weight is 793 g/mol. The molecule has 0 fully saturated rings. The molecule has 0 bridgehead atoms. The van der Waals surface area contributed by atoms with Gasteiger partial charge in [0.15, 0.2) is 17.5 Å². The van der Waals surface area contributed by atoms with Crippen LogP contribution in [0.25, 0.3) is 78.4 Å². The third-order valence-electron chi connectivity index (χ3n) is 13.3. The molecule has 8 aromatic carbocycles. The van der Waals surface area contributed by atoms with Gasteiger partial charge in [-0.25, -0.2) is 15.0 Å². The van der Waals surface area contributed by atoms with E-state index in [1.54, 1.807) is 0 Å². The molecule has 2 heterocycles. The summed E-state index contributed by atoms with van der Waals surface area (Å²) >= 11 is 0. The molecule has 0 N–H and O–H groups in total. The van der Waals surface area contributed by atoms with Crippen LogP contribution in [0.15, 0.2) is 206 Å². The van der Waals surface area contributed by atoms with Crippen LogP contribution in [-0.2, 0) is 10.8 Å². The summed E-state index contributed by atoms with van der Waals surface area (Å²) in [7, 11) is 0. The Kier molecular flexibility index (Phi) is 8.07. The molecule has 2 aliphatic rings. The molecule has 2 aromatic heterocycles. The topological polar surface area (TPSA) is 51.6 Å². The Morgan fingerprint density at radius 1 is 0.323 bits per heavy atom. The minimum absolute atomic E-state index is 0.141. The van der Waals surface area contributed by atoms with Gasteiger partial charge < -0.3 is 0 Å². The van der Waals surface area contributed by atoms with Crippen LogP contribution < -0.4 is 0 Å². The highest BCUT2D eigenvalue weighted by molar-refractivity contribution is 5.97. The number of aromatic nitrogens is 4. The van der Waals surface area contributed by atoms with E-state index in [1.165, 1.54) is 50.1 Å². The van der Waals surface area contributed by atoms with Gasteiger partial charge in [0.25, 0.3) is 0 Å². The van der Waals surface area contributed by atoms with Crippen molar-refractivity contribution in [3.05, 3.63) is 240 Å². The first-order chi connectivity index (χ1) is 30.5. The number of hydrogen-bond acceptors (Lipinski definition) is 4. The molecule has 12 rings (SSSR count). The zero-order chi connectivity index (χ0) is 41.4. The van der Waals surface area contributed by atoms with Gasteiger partial charge in [-0.15, -0.1) is 0 Å². The second kappa shape index (κ2) is 13.9. The van der Waals surface area contributed by atoms with Gasteiger partial charge in [-0.2, -0.15) is 0 Å². The first-order valence-corrected chi connectivity index (χ1v) is 21.3. The molecule has 0 saturated heterocycles. The van der Waals surface area contributed by atoms with Crippen molar-refractivity contribution in [3.8, 4) is 67.5 Å². The number of hydrogen-bond donors (Lipinski definition) is 0. The van der Waals surface area contributed by atoms with Gasteiger partial charge in [-0.1, -0.05) is 208 Å². The minimum Gasteiger partial charge on any atom is -0.256 e. The SMILES string of the molecule is CC1(C)c2ccccc2C2(c3ccccc3-c3c(-c4ccc(-c5nc(-c6ccccc6)nc(-c6ccc(-c7cccc8cccnc78)cc6)n5)cc4)cccc32)c2ccccc21. The number of pyridine rings is 1. The molecule has 10 aromatic rings. The Labute approximate surface area is 361 Å². The second-order valence-corrected chi connectivity index (χ2v) is 16.9. The van der Waals surface area contributed by atoms with Gasteiger partial charge in [-0.05, 0) is 67.3 Å². The van der Waals surface area contributed by atoms with Crippen LogP contribution in [0, 0.1) is 0 Å². The van der Waals surface area contributed by atoms with E-state index < -0.39 is 5.41 Å². The van der Waals surface area contributed by atoms with Crippen LogP contribution in [0.2, 0.25) is 0 Å². The molecule has 0 saturated carbocycles. The maximum Gasteiger partial charge on any atom is 0.164 e. The van der Waals surface area contributed by atoms with Crippen LogP contribution in [0.3, 0.4) is 0 Å². The maximum atomic E-state index is 5.12. The Morgan fingerprint density at radius 3 is 1.39 bits per heavy atom. The summed E-state index contributed by atoms with van der Waals surface area (Å²) in [6.07, 6.45) is 1.85. The van der Waals surface area contributed by atoms with E-state index in [1.807, 2.05) is 42.6 Å². The van der Waals surface area contributed by atoms with Crippen LogP contribution in [-0.4, -0.2) is 19.9 Å². The van der Waals surface area contributed by atoms with Crippen LogP contribution in [0.1, 0.15) is 47.2 Å². The number of para-hydroxylation sites is 1. The molecule has 0 radical (unpaired) electrons. The van der Waals surface area contributed by atoms with Crippen molar-refractivity contribution in [3.63, 3.8) is 0 Å². The van der Waals surface area contributed by atoms with Crippen molar-refractivity contribution in [2.45, 2.75) is 24.7 Å². The summed E-state index contributed by atoms with van der Waals surface area (Å²) in [5, 5.41) is 1.12. The Balaban J connectivity index is 0.973. The predicted octanol–water partition coefficient (Wildman–Crippen LogP) is 13.8. The van der Waals surface area contributed by atoms with Crippen molar-refractivity contribution in [1.82, 2.24) is 19.9 Å². The zero-order valence-corrected chi connectivity index (χ0v) is 34.4. The smallest absolute Gasteiger partial charge is 0.164 e. The molecule has 1 spiro atoms. The monoisotopic (exact) mass is 792 g/mol. The highest BCUT2D eigenvalue weighted by atomic mass is 15.0. The van der Waals surface area contributed by atoms with Crippen LogP contribution in [0.5, 0.6) is 0 Å². The Bertz CT molecular complexity index is 3310. The molecule has 2 aliphatic carbocycles. The van der Waals surface area contributed by atoms with Gasteiger partial charge >= 0.3 is 0 Å². The van der Waals surface area contributed by atoms with Gasteiger partial charge in [0.05, 0.1) is 10.9 Å². The Morgan fingerprint density at radius 2 is 0.758 bits per heavy atom. The molecule has 292 valence electrons. The second-order valence-electron chi connectivity index (χ2n) is 16.9. The van der Waals surface area contributed by atoms with Crippen molar-refractivity contribution in [1.29, 1.82) is 0 Å². The Hall–Kier alpha value is -7.82. The standard InChI is InChI=1S/C58H40N4/c1-57(2)47-23-8-10-25-49(47)58(50-26-11-9-24-48(50)57)46-22-7-6-19-45(46)52-43(20-13-27-51(52)58)37-28-32-41(33-29-37)55-60-54(40-15-4-3-5-16-40)61-56(62-55)42-34-30-38(31-35-42)44-21-12-17-39-18-14-36-59-53(39)44/h3-36H,1-2H3. The molecule has 0 amide bonds. The van der Waals surface area contributed by atoms with Gasteiger partial charge in [0.1, 0.15) is 0 Å². The molecule has 4 heteroatoms. The summed E-state index contributed by atoms with van der Waals surface area (Å²) in [5.41, 5.74) is 18.4. The van der Waals surface area contributed by atoms with Crippen LogP contribution in [0.4, 0.5) is 0 Å². The lowest BCUT2D eigenvalue weighted by Crippen LogP contribution is -2.40. The van der Waals surface area contributed by atoms with Gasteiger partial charge in [0.2, 0.25) is 0 Å². The van der Waals surface area contributed by atoms with Crippen molar-refractivity contribution in [2.75, 3.05) is 0 Å². The fraction of sp³-hybridized carbons (Fsp3) is 0.0690. The van der Waals surface area contributed by atoms with E-state index in [2.05, 4.69) is 183 Å². The van der Waals surface area contributed by atoms with Crippen molar-refractivity contribution in [2.24, 2.45) is 0 Å². The fourth-order valence-electron chi connectivity index (χ4n) is 10.4. The highest BCUT2D eigenvalue weighted by Gasteiger charge is 2.53. The third-order valence-corrected chi connectivity index (χ3v) is 13.3. The summed E-state index contributed by atoms with van der Waals surface area (Å²) in [6, 6.07) is 71.9. The molecule has 0 aliphatic heterocycles. The molecular formula is C58H40N4. The van der Waals surface area contributed by atoms with E-state index in [4.69, 9.17) is 15.0 Å². The summed E-state index contributed by atoms with van der Waals surface area (Å²) in [6.45, 7) is 4.74. The largest absolute Gasteiger partial charge is 0.256 e.